The zero-order valence-corrected chi connectivity index (χ0v) is 15.0. The molecule has 0 spiro atoms. The van der Waals surface area contributed by atoms with Crippen LogP contribution in [0.1, 0.15) is 30.9 Å². The van der Waals surface area contributed by atoms with Crippen LogP contribution >= 0.6 is 0 Å². The Morgan fingerprint density at radius 1 is 1.38 bits per heavy atom. The van der Waals surface area contributed by atoms with Gasteiger partial charge in [-0.15, -0.1) is 0 Å². The summed E-state index contributed by atoms with van der Waals surface area (Å²) in [6.45, 7) is 9.05. The minimum atomic E-state index is 0.287. The Labute approximate surface area is 145 Å². The minimum Gasteiger partial charge on any atom is -0.379 e. The molecule has 2 N–H and O–H groups in total. The molecule has 0 aromatic heterocycles. The van der Waals surface area contributed by atoms with Gasteiger partial charge in [0.05, 0.1) is 12.7 Å². The lowest BCUT2D eigenvalue weighted by molar-refractivity contribution is 0.0424. The van der Waals surface area contributed by atoms with Gasteiger partial charge in [0.25, 0.3) is 0 Å². The highest BCUT2D eigenvalue weighted by Crippen LogP contribution is 2.08. The van der Waals surface area contributed by atoms with Crippen molar-refractivity contribution in [1.82, 2.24) is 10.6 Å². The predicted molar refractivity (Wildman–Crippen MR) is 98.7 cm³/mol. The monoisotopic (exact) mass is 333 g/mol. The summed E-state index contributed by atoms with van der Waals surface area (Å²) in [6.07, 6.45) is 3.24. The maximum atomic E-state index is 5.76. The number of aryl methyl sites for hydroxylation is 1. The van der Waals surface area contributed by atoms with Crippen molar-refractivity contribution in [3.63, 3.8) is 0 Å². The SMILES string of the molecule is CCNC(=NCCCOC1CCOC1)NCCc1cccc(C)c1. The van der Waals surface area contributed by atoms with Gasteiger partial charge in [-0.05, 0) is 38.7 Å². The van der Waals surface area contributed by atoms with Crippen LogP contribution in [0.2, 0.25) is 0 Å². The topological polar surface area (TPSA) is 54.9 Å². The summed E-state index contributed by atoms with van der Waals surface area (Å²) in [5.41, 5.74) is 2.66. The summed E-state index contributed by atoms with van der Waals surface area (Å²) in [6, 6.07) is 8.64. The standard InChI is InChI=1S/C19H31N3O2/c1-3-20-19(21-10-5-12-24-18-9-13-23-15-18)22-11-8-17-7-4-6-16(2)14-17/h4,6-7,14,18H,3,5,8-13,15H2,1-2H3,(H2,20,21,22). The molecule has 1 heterocycles. The van der Waals surface area contributed by atoms with Crippen molar-refractivity contribution < 1.29 is 9.47 Å². The molecule has 1 unspecified atom stereocenters. The molecule has 24 heavy (non-hydrogen) atoms. The minimum absolute atomic E-state index is 0.287. The largest absolute Gasteiger partial charge is 0.379 e. The molecule has 134 valence electrons. The second-order valence-electron chi connectivity index (χ2n) is 6.14. The lowest BCUT2D eigenvalue weighted by Crippen LogP contribution is -2.38. The van der Waals surface area contributed by atoms with Gasteiger partial charge in [-0.25, -0.2) is 0 Å². The summed E-state index contributed by atoms with van der Waals surface area (Å²) < 4.78 is 11.1. The predicted octanol–water partition coefficient (Wildman–Crippen LogP) is 2.29. The Balaban J connectivity index is 1.64. The maximum absolute atomic E-state index is 5.76. The number of ether oxygens (including phenoxy) is 2. The molecular weight excluding hydrogens is 302 g/mol. The summed E-state index contributed by atoms with van der Waals surface area (Å²) in [5.74, 6) is 0.884. The molecule has 1 saturated heterocycles. The first-order valence-corrected chi connectivity index (χ1v) is 9.05. The first kappa shape index (κ1) is 18.7. The van der Waals surface area contributed by atoms with Gasteiger partial charge in [-0.1, -0.05) is 29.8 Å². The molecule has 0 radical (unpaired) electrons. The summed E-state index contributed by atoms with van der Waals surface area (Å²) >= 11 is 0. The molecule has 1 aliphatic rings. The van der Waals surface area contributed by atoms with Gasteiger partial charge in [0.15, 0.2) is 5.96 Å². The average molecular weight is 333 g/mol. The van der Waals surface area contributed by atoms with E-state index in [1.165, 1.54) is 11.1 Å². The van der Waals surface area contributed by atoms with Gasteiger partial charge < -0.3 is 20.1 Å². The average Bonchev–Trinajstić information content (AvgIpc) is 3.08. The van der Waals surface area contributed by atoms with Crippen LogP contribution in [0.4, 0.5) is 0 Å². The molecule has 5 heteroatoms. The van der Waals surface area contributed by atoms with Crippen molar-refractivity contribution in [2.45, 2.75) is 39.2 Å². The van der Waals surface area contributed by atoms with E-state index in [2.05, 4.69) is 53.7 Å². The van der Waals surface area contributed by atoms with E-state index in [9.17, 15) is 0 Å². The molecule has 0 amide bonds. The Kier molecular flexibility index (Phi) is 8.63. The number of hydrogen-bond donors (Lipinski definition) is 2. The third-order valence-corrected chi connectivity index (χ3v) is 3.95. The Morgan fingerprint density at radius 2 is 2.29 bits per heavy atom. The van der Waals surface area contributed by atoms with Crippen molar-refractivity contribution in [3.8, 4) is 0 Å². The van der Waals surface area contributed by atoms with Crippen LogP contribution in [0.25, 0.3) is 0 Å². The molecule has 1 fully saturated rings. The van der Waals surface area contributed by atoms with Crippen LogP contribution in [-0.4, -0.2) is 51.5 Å². The number of nitrogens with one attached hydrogen (secondary N) is 2. The number of rotatable bonds is 9. The highest BCUT2D eigenvalue weighted by atomic mass is 16.5. The molecule has 1 aliphatic heterocycles. The van der Waals surface area contributed by atoms with Gasteiger partial charge in [0.2, 0.25) is 0 Å². The Morgan fingerprint density at radius 3 is 3.04 bits per heavy atom. The van der Waals surface area contributed by atoms with E-state index >= 15 is 0 Å². The molecular formula is C19H31N3O2. The molecule has 0 aliphatic carbocycles. The lowest BCUT2D eigenvalue weighted by Gasteiger charge is -2.12. The van der Waals surface area contributed by atoms with Crippen LogP contribution in [0.5, 0.6) is 0 Å². The van der Waals surface area contributed by atoms with Crippen LogP contribution in [0, 0.1) is 6.92 Å². The van der Waals surface area contributed by atoms with Crippen LogP contribution < -0.4 is 10.6 Å². The second kappa shape index (κ2) is 11.0. The Bertz CT molecular complexity index is 499. The number of benzene rings is 1. The van der Waals surface area contributed by atoms with Crippen LogP contribution in [-0.2, 0) is 15.9 Å². The first-order valence-electron chi connectivity index (χ1n) is 9.05. The first-order chi connectivity index (χ1) is 11.8. The highest BCUT2D eigenvalue weighted by Gasteiger charge is 2.15. The maximum Gasteiger partial charge on any atom is 0.191 e. The number of guanidine groups is 1. The molecule has 0 saturated carbocycles. The number of aliphatic imine (C=N–C) groups is 1. The molecule has 0 bridgehead atoms. The second-order valence-corrected chi connectivity index (χ2v) is 6.14. The fraction of sp³-hybridized carbons (Fsp3) is 0.632. The van der Waals surface area contributed by atoms with E-state index in [0.717, 1.165) is 64.7 Å². The molecule has 2 rings (SSSR count). The van der Waals surface area contributed by atoms with Crippen molar-refractivity contribution in [3.05, 3.63) is 35.4 Å². The smallest absolute Gasteiger partial charge is 0.191 e. The molecule has 1 aromatic rings. The van der Waals surface area contributed by atoms with E-state index in [4.69, 9.17) is 9.47 Å². The van der Waals surface area contributed by atoms with Gasteiger partial charge in [0.1, 0.15) is 0 Å². The normalized spacial score (nSPS) is 17.9. The fourth-order valence-electron chi connectivity index (χ4n) is 2.68. The van der Waals surface area contributed by atoms with Crippen molar-refractivity contribution in [2.75, 3.05) is 39.5 Å². The quantitative estimate of drug-likeness (QED) is 0.414. The van der Waals surface area contributed by atoms with Crippen molar-refractivity contribution in [1.29, 1.82) is 0 Å². The van der Waals surface area contributed by atoms with Crippen molar-refractivity contribution >= 4 is 5.96 Å². The van der Waals surface area contributed by atoms with E-state index in [1.54, 1.807) is 0 Å². The fourth-order valence-corrected chi connectivity index (χ4v) is 2.68. The summed E-state index contributed by atoms with van der Waals surface area (Å²) in [5, 5.41) is 6.69. The Hall–Kier alpha value is -1.59. The van der Waals surface area contributed by atoms with Gasteiger partial charge >= 0.3 is 0 Å². The molecule has 5 nitrogen and oxygen atoms in total. The zero-order chi connectivity index (χ0) is 17.0. The van der Waals surface area contributed by atoms with E-state index in [1.807, 2.05) is 0 Å². The van der Waals surface area contributed by atoms with Crippen LogP contribution in [0.15, 0.2) is 29.3 Å². The number of hydrogen-bond acceptors (Lipinski definition) is 3. The highest BCUT2D eigenvalue weighted by molar-refractivity contribution is 5.79. The number of nitrogens with zero attached hydrogens (tertiary/aromatic N) is 1. The van der Waals surface area contributed by atoms with Crippen molar-refractivity contribution in [2.24, 2.45) is 4.99 Å². The zero-order valence-electron chi connectivity index (χ0n) is 15.0. The van der Waals surface area contributed by atoms with E-state index in [-0.39, 0.29) is 6.10 Å². The summed E-state index contributed by atoms with van der Waals surface area (Å²) in [7, 11) is 0. The lowest BCUT2D eigenvalue weighted by atomic mass is 10.1. The van der Waals surface area contributed by atoms with Crippen LogP contribution in [0.3, 0.4) is 0 Å². The van der Waals surface area contributed by atoms with Gasteiger partial charge in [-0.3, -0.25) is 4.99 Å². The molecule has 1 aromatic carbocycles. The van der Waals surface area contributed by atoms with E-state index < -0.39 is 0 Å². The summed E-state index contributed by atoms with van der Waals surface area (Å²) in [4.78, 5) is 4.61. The third kappa shape index (κ3) is 7.32. The molecule has 1 atom stereocenters. The van der Waals surface area contributed by atoms with Gasteiger partial charge in [-0.2, -0.15) is 0 Å². The third-order valence-electron chi connectivity index (χ3n) is 3.95. The van der Waals surface area contributed by atoms with E-state index in [0.29, 0.717) is 0 Å². The van der Waals surface area contributed by atoms with Gasteiger partial charge in [0, 0.05) is 32.8 Å².